The van der Waals surface area contributed by atoms with Crippen LogP contribution in [0.25, 0.3) is 0 Å². The van der Waals surface area contributed by atoms with E-state index in [-0.39, 0.29) is 41.5 Å². The number of benzene rings is 2. The normalized spacial score (nSPS) is 18.6. The van der Waals surface area contributed by atoms with E-state index in [9.17, 15) is 9.90 Å². The minimum Gasteiger partial charge on any atom is -0.444 e. The second-order valence-electron chi connectivity index (χ2n) is 14.7. The molecule has 2 aromatic rings. The van der Waals surface area contributed by atoms with Crippen molar-refractivity contribution in [1.29, 1.82) is 0 Å². The molecule has 1 fully saturated rings. The summed E-state index contributed by atoms with van der Waals surface area (Å²) in [6, 6.07) is 22.2. The van der Waals surface area contributed by atoms with Crippen molar-refractivity contribution in [3.05, 3.63) is 71.8 Å². The summed E-state index contributed by atoms with van der Waals surface area (Å²) in [7, 11) is 0. The Kier molecular flexibility index (Phi) is 13.1. The zero-order chi connectivity index (χ0) is 31.5. The van der Waals surface area contributed by atoms with E-state index in [1.165, 1.54) is 49.7 Å². The maximum atomic E-state index is 12.5. The summed E-state index contributed by atoms with van der Waals surface area (Å²) in [5.74, 6) is 0.160. The van der Waals surface area contributed by atoms with Crippen LogP contribution in [0.1, 0.15) is 111 Å². The van der Waals surface area contributed by atoms with Crippen molar-refractivity contribution in [1.82, 2.24) is 4.90 Å². The van der Waals surface area contributed by atoms with E-state index in [2.05, 4.69) is 88.4 Å². The molecular weight excluding hydrogens is 534 g/mol. The highest BCUT2D eigenvalue weighted by Crippen LogP contribution is 2.50. The van der Waals surface area contributed by atoms with E-state index in [0.29, 0.717) is 13.1 Å². The van der Waals surface area contributed by atoms with Crippen molar-refractivity contribution in [3.63, 3.8) is 0 Å². The lowest BCUT2D eigenvalue weighted by Gasteiger charge is -2.46. The molecule has 3 atom stereocenters. The monoisotopic (exact) mass is 593 g/mol. The summed E-state index contributed by atoms with van der Waals surface area (Å²) in [5.41, 5.74) is 2.40. The Labute approximate surface area is 262 Å². The molecule has 1 heterocycles. The van der Waals surface area contributed by atoms with Crippen LogP contribution in [0.15, 0.2) is 60.7 Å². The molecule has 1 aliphatic rings. The number of hydrogen-bond donors (Lipinski definition) is 1. The number of aliphatic hydroxyl groups excluding tert-OH is 1. The van der Waals surface area contributed by atoms with Gasteiger partial charge >= 0.3 is 6.09 Å². The van der Waals surface area contributed by atoms with Gasteiger partial charge in [0.05, 0.1) is 6.10 Å². The average molecular weight is 594 g/mol. The molecule has 2 aromatic carbocycles. The van der Waals surface area contributed by atoms with E-state index < -0.39 is 5.60 Å². The number of likely N-dealkylation sites (tertiary alicyclic amines) is 1. The molecule has 1 N–H and O–H groups in total. The molecule has 0 spiro atoms. The summed E-state index contributed by atoms with van der Waals surface area (Å²) in [6.07, 6.45) is 9.30. The van der Waals surface area contributed by atoms with Gasteiger partial charge in [0.1, 0.15) is 5.60 Å². The Hall–Kier alpha value is -2.37. The Bertz CT molecular complexity index is 1030. The molecule has 0 bridgehead atoms. The Balaban J connectivity index is 1.38. The van der Waals surface area contributed by atoms with Gasteiger partial charge in [0, 0.05) is 43.6 Å². The second-order valence-corrected chi connectivity index (χ2v) is 14.7. The van der Waals surface area contributed by atoms with Crippen LogP contribution in [-0.2, 0) is 14.9 Å². The van der Waals surface area contributed by atoms with Gasteiger partial charge in [-0.05, 0) is 57.1 Å². The third kappa shape index (κ3) is 9.81. The Morgan fingerprint density at radius 3 is 1.81 bits per heavy atom. The van der Waals surface area contributed by atoms with Crippen LogP contribution in [0.4, 0.5) is 4.79 Å². The number of unbranched alkanes of at least 4 members (excludes halogenated alkanes) is 6. The highest BCUT2D eigenvalue weighted by molar-refractivity contribution is 5.68. The number of carbonyl (C=O) groups excluding carboxylic acids is 1. The van der Waals surface area contributed by atoms with E-state index >= 15 is 0 Å². The van der Waals surface area contributed by atoms with Crippen LogP contribution < -0.4 is 0 Å². The zero-order valence-corrected chi connectivity index (χ0v) is 28.1. The molecule has 0 aromatic heterocycles. The van der Waals surface area contributed by atoms with Crippen LogP contribution in [-0.4, -0.2) is 54.1 Å². The number of hydrogen-bond acceptors (Lipinski definition) is 4. The van der Waals surface area contributed by atoms with Gasteiger partial charge in [0.15, 0.2) is 0 Å². The van der Waals surface area contributed by atoms with Gasteiger partial charge in [-0.25, -0.2) is 4.79 Å². The lowest BCUT2D eigenvalue weighted by molar-refractivity contribution is 0.00443. The molecule has 1 aliphatic heterocycles. The molecule has 2 unspecified atom stereocenters. The van der Waals surface area contributed by atoms with Crippen molar-refractivity contribution in [3.8, 4) is 0 Å². The standard InChI is InChI=1S/C38H59NO4/c1-30(34-28-39(27-31(34)29-40)35(41)43-37(5,6)7)42-26-20-12-10-8-9-11-19-25-38(36(2,3)4,32-21-15-13-16-22-32)33-23-17-14-18-24-33/h13-18,21-24,30-31,34,40H,8-12,19-20,25-29H2,1-7H3/t30-,31?,34?/m0/s1. The van der Waals surface area contributed by atoms with Gasteiger partial charge in [0.2, 0.25) is 0 Å². The van der Waals surface area contributed by atoms with E-state index in [4.69, 9.17) is 9.47 Å². The molecular formula is C38H59NO4. The van der Waals surface area contributed by atoms with E-state index in [1.54, 1.807) is 4.90 Å². The fourth-order valence-electron chi connectivity index (χ4n) is 7.01. The fraction of sp³-hybridized carbons (Fsp3) is 0.658. The van der Waals surface area contributed by atoms with Crippen molar-refractivity contribution in [2.24, 2.45) is 17.3 Å². The van der Waals surface area contributed by atoms with Gasteiger partial charge < -0.3 is 19.5 Å². The summed E-state index contributed by atoms with van der Waals surface area (Å²) in [6.45, 7) is 16.8. The lowest BCUT2D eigenvalue weighted by atomic mass is 9.57. The van der Waals surface area contributed by atoms with Crippen molar-refractivity contribution in [2.45, 2.75) is 117 Å². The summed E-state index contributed by atoms with van der Waals surface area (Å²) in [4.78, 5) is 14.2. The first kappa shape index (κ1) is 35.1. The van der Waals surface area contributed by atoms with Crippen molar-refractivity contribution in [2.75, 3.05) is 26.3 Å². The largest absolute Gasteiger partial charge is 0.444 e. The molecule has 1 saturated heterocycles. The second kappa shape index (κ2) is 16.1. The topological polar surface area (TPSA) is 59.0 Å². The predicted octanol–water partition coefficient (Wildman–Crippen LogP) is 9.02. The SMILES string of the molecule is C[C@H](OCCCCCCCCCC(c1ccccc1)(c1ccccc1)C(C)(C)C)C1CN(C(=O)OC(C)(C)C)CC1CO. The molecule has 240 valence electrons. The quantitative estimate of drug-likeness (QED) is 0.209. The van der Waals surface area contributed by atoms with Crippen LogP contribution in [0, 0.1) is 17.3 Å². The average Bonchev–Trinajstić information content (AvgIpc) is 3.40. The maximum Gasteiger partial charge on any atom is 0.410 e. The summed E-state index contributed by atoms with van der Waals surface area (Å²) in [5, 5.41) is 9.91. The first-order valence-electron chi connectivity index (χ1n) is 16.7. The van der Waals surface area contributed by atoms with Gasteiger partial charge in [-0.15, -0.1) is 0 Å². The van der Waals surface area contributed by atoms with Crippen LogP contribution in [0.3, 0.4) is 0 Å². The van der Waals surface area contributed by atoms with Crippen LogP contribution in [0.2, 0.25) is 0 Å². The van der Waals surface area contributed by atoms with Gasteiger partial charge in [-0.3, -0.25) is 0 Å². The predicted molar refractivity (Wildman–Crippen MR) is 177 cm³/mol. The fourth-order valence-corrected chi connectivity index (χ4v) is 7.01. The van der Waals surface area contributed by atoms with Crippen molar-refractivity contribution < 1.29 is 19.4 Å². The molecule has 3 rings (SSSR count). The first-order valence-corrected chi connectivity index (χ1v) is 16.7. The summed E-state index contributed by atoms with van der Waals surface area (Å²) < 4.78 is 11.7. The van der Waals surface area contributed by atoms with Gasteiger partial charge in [-0.1, -0.05) is 120 Å². The third-order valence-corrected chi connectivity index (χ3v) is 9.37. The number of ether oxygens (including phenoxy) is 2. The van der Waals surface area contributed by atoms with Crippen molar-refractivity contribution >= 4 is 6.09 Å². The highest BCUT2D eigenvalue weighted by Gasteiger charge is 2.44. The Morgan fingerprint density at radius 2 is 1.33 bits per heavy atom. The first-order chi connectivity index (χ1) is 20.4. The lowest BCUT2D eigenvalue weighted by Crippen LogP contribution is -2.41. The minimum atomic E-state index is -0.521. The third-order valence-electron chi connectivity index (χ3n) is 9.37. The molecule has 0 radical (unpaired) electrons. The zero-order valence-electron chi connectivity index (χ0n) is 28.1. The Morgan fingerprint density at radius 1 is 0.814 bits per heavy atom. The summed E-state index contributed by atoms with van der Waals surface area (Å²) >= 11 is 0. The van der Waals surface area contributed by atoms with Crippen LogP contribution in [0.5, 0.6) is 0 Å². The van der Waals surface area contributed by atoms with Crippen LogP contribution >= 0.6 is 0 Å². The molecule has 0 aliphatic carbocycles. The number of aliphatic hydroxyl groups is 1. The number of rotatable bonds is 15. The minimum absolute atomic E-state index is 0.00176. The van der Waals surface area contributed by atoms with E-state index in [0.717, 1.165) is 19.4 Å². The highest BCUT2D eigenvalue weighted by atomic mass is 16.6. The number of carbonyl (C=O) groups is 1. The van der Waals surface area contributed by atoms with E-state index in [1.807, 2.05) is 20.8 Å². The molecule has 1 amide bonds. The molecule has 43 heavy (non-hydrogen) atoms. The molecule has 5 nitrogen and oxygen atoms in total. The molecule has 5 heteroatoms. The number of amides is 1. The number of nitrogens with zero attached hydrogens (tertiary/aromatic N) is 1. The molecule has 0 saturated carbocycles. The maximum absolute atomic E-state index is 12.5. The van der Waals surface area contributed by atoms with Gasteiger partial charge in [-0.2, -0.15) is 0 Å². The smallest absolute Gasteiger partial charge is 0.410 e. The van der Waals surface area contributed by atoms with Gasteiger partial charge in [0.25, 0.3) is 0 Å².